The van der Waals surface area contributed by atoms with Crippen LogP contribution in [0.1, 0.15) is 50.1 Å². The van der Waals surface area contributed by atoms with Crippen molar-refractivity contribution < 1.29 is 9.26 Å². The molecule has 0 radical (unpaired) electrons. The Morgan fingerprint density at radius 3 is 2.96 bits per heavy atom. The number of hydrogen-bond acceptors (Lipinski definition) is 7. The lowest BCUT2D eigenvalue weighted by Crippen LogP contribution is -2.48. The third kappa shape index (κ3) is 6.02. The molecular formula is C19H30N6O2S. The predicted octanol–water partition coefficient (Wildman–Crippen LogP) is 2.56. The standard InChI is InChI=1S/C19H30N6O2S/c1-4-26-14(2)18-23-17(27-24-18)11-21-19(20-3)22-16-5-8-25(9-6-16)12-15-7-10-28-13-15/h7,10,13-14,16H,4-6,8-9,11-12H2,1-3H3,(H2,20,21,22). The van der Waals surface area contributed by atoms with Gasteiger partial charge in [0, 0.05) is 39.3 Å². The van der Waals surface area contributed by atoms with Gasteiger partial charge in [0.2, 0.25) is 5.89 Å². The van der Waals surface area contributed by atoms with Gasteiger partial charge in [0.25, 0.3) is 0 Å². The number of nitrogens with one attached hydrogen (secondary N) is 2. The zero-order valence-corrected chi connectivity index (χ0v) is 17.7. The monoisotopic (exact) mass is 406 g/mol. The molecule has 0 aromatic carbocycles. The lowest BCUT2D eigenvalue weighted by Gasteiger charge is -2.32. The van der Waals surface area contributed by atoms with Gasteiger partial charge in [-0.3, -0.25) is 9.89 Å². The van der Waals surface area contributed by atoms with Gasteiger partial charge < -0.3 is 19.9 Å². The summed E-state index contributed by atoms with van der Waals surface area (Å²) in [6.45, 7) is 8.13. The number of rotatable bonds is 8. The number of ether oxygens (including phenoxy) is 1. The molecular weight excluding hydrogens is 376 g/mol. The lowest BCUT2D eigenvalue weighted by atomic mass is 10.0. The molecule has 3 heterocycles. The highest BCUT2D eigenvalue weighted by Crippen LogP contribution is 2.16. The number of likely N-dealkylation sites (tertiary alicyclic amines) is 1. The van der Waals surface area contributed by atoms with E-state index in [4.69, 9.17) is 9.26 Å². The van der Waals surface area contributed by atoms with Crippen molar-refractivity contribution in [2.75, 3.05) is 26.7 Å². The fourth-order valence-corrected chi connectivity index (χ4v) is 3.91. The minimum absolute atomic E-state index is 0.167. The van der Waals surface area contributed by atoms with Crippen LogP contribution in [0.3, 0.4) is 0 Å². The number of piperidine rings is 1. The number of hydrogen-bond donors (Lipinski definition) is 2. The van der Waals surface area contributed by atoms with Crippen molar-refractivity contribution in [1.29, 1.82) is 0 Å². The predicted molar refractivity (Wildman–Crippen MR) is 110 cm³/mol. The Labute approximate surface area is 170 Å². The Bertz CT molecular complexity index is 725. The zero-order chi connectivity index (χ0) is 19.8. The number of aliphatic imine (C=N–C) groups is 1. The summed E-state index contributed by atoms with van der Waals surface area (Å²) in [6.07, 6.45) is 2.03. The van der Waals surface area contributed by atoms with Crippen molar-refractivity contribution in [1.82, 2.24) is 25.7 Å². The Hall–Kier alpha value is -1.97. The van der Waals surface area contributed by atoms with Crippen LogP contribution in [0.2, 0.25) is 0 Å². The molecule has 1 fully saturated rings. The van der Waals surface area contributed by atoms with Crippen molar-refractivity contribution in [3.8, 4) is 0 Å². The first kappa shape index (κ1) is 20.8. The second-order valence-electron chi connectivity index (χ2n) is 6.90. The minimum atomic E-state index is -0.167. The molecule has 1 aliphatic heterocycles. The van der Waals surface area contributed by atoms with Crippen LogP contribution in [0.15, 0.2) is 26.3 Å². The van der Waals surface area contributed by atoms with Gasteiger partial charge in [-0.05, 0) is 49.1 Å². The highest BCUT2D eigenvalue weighted by Gasteiger charge is 2.20. The number of aromatic nitrogens is 2. The van der Waals surface area contributed by atoms with Gasteiger partial charge in [0.15, 0.2) is 11.8 Å². The van der Waals surface area contributed by atoms with Crippen LogP contribution in [0.25, 0.3) is 0 Å². The Morgan fingerprint density at radius 1 is 1.46 bits per heavy atom. The second-order valence-corrected chi connectivity index (χ2v) is 7.68. The van der Waals surface area contributed by atoms with E-state index in [0.717, 1.165) is 38.4 Å². The Balaban J connectivity index is 1.40. The lowest BCUT2D eigenvalue weighted by molar-refractivity contribution is 0.0683. The maximum atomic E-state index is 5.49. The van der Waals surface area contributed by atoms with Crippen LogP contribution in [-0.4, -0.2) is 53.8 Å². The average Bonchev–Trinajstić information content (AvgIpc) is 3.39. The van der Waals surface area contributed by atoms with E-state index in [0.29, 0.717) is 30.9 Å². The fraction of sp³-hybridized carbons (Fsp3) is 0.632. The first-order valence-electron chi connectivity index (χ1n) is 9.82. The average molecular weight is 407 g/mol. The van der Waals surface area contributed by atoms with E-state index in [1.807, 2.05) is 13.8 Å². The smallest absolute Gasteiger partial charge is 0.246 e. The molecule has 0 saturated carbocycles. The molecule has 8 nitrogen and oxygen atoms in total. The molecule has 3 rings (SSSR count). The topological polar surface area (TPSA) is 87.8 Å². The van der Waals surface area contributed by atoms with Gasteiger partial charge in [-0.1, -0.05) is 5.16 Å². The van der Waals surface area contributed by atoms with Gasteiger partial charge in [0.1, 0.15) is 6.10 Å². The Morgan fingerprint density at radius 2 is 2.29 bits per heavy atom. The van der Waals surface area contributed by atoms with Gasteiger partial charge in [0.05, 0.1) is 6.54 Å². The summed E-state index contributed by atoms with van der Waals surface area (Å²) in [4.78, 5) is 11.2. The minimum Gasteiger partial charge on any atom is -0.371 e. The molecule has 2 N–H and O–H groups in total. The summed E-state index contributed by atoms with van der Waals surface area (Å²) in [5.41, 5.74) is 1.41. The van der Waals surface area contributed by atoms with E-state index in [2.05, 4.69) is 47.5 Å². The van der Waals surface area contributed by atoms with Crippen LogP contribution >= 0.6 is 11.3 Å². The van der Waals surface area contributed by atoms with Gasteiger partial charge in [-0.25, -0.2) is 0 Å². The molecule has 154 valence electrons. The molecule has 0 spiro atoms. The Kier molecular flexibility index (Phi) is 7.81. The zero-order valence-electron chi connectivity index (χ0n) is 16.9. The molecule has 0 aliphatic carbocycles. The molecule has 2 aromatic rings. The van der Waals surface area contributed by atoms with Crippen molar-refractivity contribution >= 4 is 17.3 Å². The van der Waals surface area contributed by atoms with Crippen LogP contribution in [0.4, 0.5) is 0 Å². The summed E-state index contributed by atoms with van der Waals surface area (Å²) in [6, 6.07) is 2.62. The van der Waals surface area contributed by atoms with E-state index >= 15 is 0 Å². The van der Waals surface area contributed by atoms with E-state index < -0.39 is 0 Å². The molecule has 0 amide bonds. The SMILES string of the molecule is CCOC(C)c1noc(CNC(=NC)NC2CCN(Cc3ccsc3)CC2)n1. The normalized spacial score (nSPS) is 17.6. The summed E-state index contributed by atoms with van der Waals surface area (Å²) in [5.74, 6) is 1.85. The van der Waals surface area contributed by atoms with Crippen molar-refractivity contribution in [3.63, 3.8) is 0 Å². The third-order valence-electron chi connectivity index (χ3n) is 4.81. The first-order valence-corrected chi connectivity index (χ1v) is 10.8. The van der Waals surface area contributed by atoms with Crippen molar-refractivity contribution in [2.24, 2.45) is 4.99 Å². The first-order chi connectivity index (χ1) is 13.7. The summed E-state index contributed by atoms with van der Waals surface area (Å²) >= 11 is 1.76. The van der Waals surface area contributed by atoms with Crippen LogP contribution in [0, 0.1) is 0 Å². The maximum Gasteiger partial charge on any atom is 0.246 e. The van der Waals surface area contributed by atoms with Crippen molar-refractivity contribution in [3.05, 3.63) is 34.1 Å². The van der Waals surface area contributed by atoms with E-state index in [1.54, 1.807) is 18.4 Å². The number of nitrogens with zero attached hydrogens (tertiary/aromatic N) is 4. The van der Waals surface area contributed by atoms with Crippen LogP contribution in [0.5, 0.6) is 0 Å². The molecule has 1 unspecified atom stereocenters. The molecule has 9 heteroatoms. The summed E-state index contributed by atoms with van der Waals surface area (Å²) in [7, 11) is 1.78. The highest BCUT2D eigenvalue weighted by atomic mass is 32.1. The van der Waals surface area contributed by atoms with E-state index in [1.165, 1.54) is 5.56 Å². The highest BCUT2D eigenvalue weighted by molar-refractivity contribution is 7.07. The second kappa shape index (κ2) is 10.5. The molecule has 1 saturated heterocycles. The van der Waals surface area contributed by atoms with E-state index in [-0.39, 0.29) is 6.10 Å². The molecule has 1 atom stereocenters. The maximum absolute atomic E-state index is 5.49. The van der Waals surface area contributed by atoms with E-state index in [9.17, 15) is 0 Å². The van der Waals surface area contributed by atoms with Gasteiger partial charge >= 0.3 is 0 Å². The molecule has 1 aliphatic rings. The molecule has 0 bridgehead atoms. The molecule has 28 heavy (non-hydrogen) atoms. The fourth-order valence-electron chi connectivity index (χ4n) is 3.25. The van der Waals surface area contributed by atoms with Crippen LogP contribution in [-0.2, 0) is 17.8 Å². The number of guanidine groups is 1. The quantitative estimate of drug-likeness (QED) is 0.514. The van der Waals surface area contributed by atoms with Gasteiger partial charge in [-0.2, -0.15) is 16.3 Å². The molecule has 2 aromatic heterocycles. The van der Waals surface area contributed by atoms with Crippen LogP contribution < -0.4 is 10.6 Å². The van der Waals surface area contributed by atoms with Crippen molar-refractivity contribution in [2.45, 2.75) is 51.9 Å². The third-order valence-corrected chi connectivity index (χ3v) is 5.54. The summed E-state index contributed by atoms with van der Waals surface area (Å²) in [5, 5.41) is 15.1. The largest absolute Gasteiger partial charge is 0.371 e. The summed E-state index contributed by atoms with van der Waals surface area (Å²) < 4.78 is 10.8. The number of thiophene rings is 1. The van der Waals surface area contributed by atoms with Gasteiger partial charge in [-0.15, -0.1) is 0 Å².